The maximum atomic E-state index is 12.3. The molecule has 0 saturated carbocycles. The van der Waals surface area contributed by atoms with E-state index in [0.29, 0.717) is 16.0 Å². The van der Waals surface area contributed by atoms with Crippen molar-refractivity contribution in [2.75, 3.05) is 0 Å². The zero-order valence-electron chi connectivity index (χ0n) is 13.3. The minimum absolute atomic E-state index is 0.0154. The molecule has 0 atom stereocenters. The molecular weight excluding hydrogens is 338 g/mol. The summed E-state index contributed by atoms with van der Waals surface area (Å²) in [4.78, 5) is 27.5. The lowest BCUT2D eigenvalue weighted by Crippen LogP contribution is -2.16. The van der Waals surface area contributed by atoms with Crippen molar-refractivity contribution < 1.29 is 9.72 Å². The highest BCUT2D eigenvalue weighted by Crippen LogP contribution is 2.23. The summed E-state index contributed by atoms with van der Waals surface area (Å²) in [5.41, 5.74) is 1.70. The van der Waals surface area contributed by atoms with Gasteiger partial charge in [0.25, 0.3) is 11.6 Å². The van der Waals surface area contributed by atoms with Crippen LogP contribution in [0.5, 0.6) is 0 Å². The zero-order valence-corrected chi connectivity index (χ0v) is 14.1. The molecule has 25 heavy (non-hydrogen) atoms. The first kappa shape index (κ1) is 16.8. The molecule has 1 amide bonds. The number of nitrogens with zero attached hydrogens (tertiary/aromatic N) is 3. The van der Waals surface area contributed by atoms with E-state index in [1.807, 2.05) is 34.9 Å². The van der Waals surface area contributed by atoms with Crippen molar-refractivity contribution >= 4 is 33.1 Å². The molecule has 3 rings (SSSR count). The van der Waals surface area contributed by atoms with Gasteiger partial charge in [0.1, 0.15) is 0 Å². The van der Waals surface area contributed by atoms with Gasteiger partial charge in [0.2, 0.25) is 0 Å². The van der Waals surface area contributed by atoms with Crippen molar-refractivity contribution in [2.24, 2.45) is 4.99 Å². The van der Waals surface area contributed by atoms with Gasteiger partial charge in [-0.1, -0.05) is 47.7 Å². The molecule has 126 valence electrons. The van der Waals surface area contributed by atoms with Crippen molar-refractivity contribution in [1.29, 1.82) is 0 Å². The second-order valence-corrected chi connectivity index (χ2v) is 6.37. The minimum atomic E-state index is -0.436. The molecule has 1 heterocycles. The van der Waals surface area contributed by atoms with E-state index in [9.17, 15) is 14.9 Å². The molecule has 3 aromatic rings. The third-order valence-electron chi connectivity index (χ3n) is 3.61. The van der Waals surface area contributed by atoms with Crippen LogP contribution in [-0.4, -0.2) is 15.4 Å². The van der Waals surface area contributed by atoms with E-state index < -0.39 is 4.92 Å². The number of aromatic nitrogens is 1. The standard InChI is InChI=1S/C18H15N3O3S/c1-2-10-20-15-9-8-14(21(23)24)12-16(15)25-18(20)19-17(22)11-13-6-4-3-5-7-13/h2-9,12H,1,10-11H2. The Hall–Kier alpha value is -3.06. The number of hydrogen-bond acceptors (Lipinski definition) is 4. The SMILES string of the molecule is C=CCn1c(=NC(=O)Cc2ccccc2)sc2cc([N+](=O)[O-])ccc21. The van der Waals surface area contributed by atoms with Crippen LogP contribution >= 0.6 is 11.3 Å². The van der Waals surface area contributed by atoms with Crippen molar-refractivity contribution in [1.82, 2.24) is 4.57 Å². The van der Waals surface area contributed by atoms with E-state index in [-0.39, 0.29) is 18.0 Å². The fourth-order valence-corrected chi connectivity index (χ4v) is 3.57. The van der Waals surface area contributed by atoms with Crippen molar-refractivity contribution in [3.8, 4) is 0 Å². The van der Waals surface area contributed by atoms with E-state index in [1.165, 1.54) is 23.5 Å². The Labute approximate surface area is 147 Å². The number of thiazole rings is 1. The Balaban J connectivity index is 2.04. The van der Waals surface area contributed by atoms with Crippen molar-refractivity contribution in [3.05, 3.63) is 81.7 Å². The Bertz CT molecular complexity index is 1020. The Morgan fingerprint density at radius 3 is 2.72 bits per heavy atom. The van der Waals surface area contributed by atoms with Gasteiger partial charge >= 0.3 is 0 Å². The maximum Gasteiger partial charge on any atom is 0.270 e. The van der Waals surface area contributed by atoms with Crippen molar-refractivity contribution in [3.63, 3.8) is 0 Å². The molecule has 0 unspecified atom stereocenters. The smallest absolute Gasteiger partial charge is 0.270 e. The number of fused-ring (bicyclic) bond motifs is 1. The van der Waals surface area contributed by atoms with Gasteiger partial charge in [0, 0.05) is 18.7 Å². The lowest BCUT2D eigenvalue weighted by molar-refractivity contribution is -0.384. The van der Waals surface area contributed by atoms with Crippen LogP contribution in [0.15, 0.2) is 66.2 Å². The van der Waals surface area contributed by atoms with Gasteiger partial charge in [-0.3, -0.25) is 14.9 Å². The molecule has 2 aromatic carbocycles. The van der Waals surface area contributed by atoms with Gasteiger partial charge in [-0.2, -0.15) is 4.99 Å². The van der Waals surface area contributed by atoms with E-state index in [4.69, 9.17) is 0 Å². The number of carbonyl (C=O) groups excluding carboxylic acids is 1. The number of allylic oxidation sites excluding steroid dienone is 1. The molecule has 0 saturated heterocycles. The highest BCUT2D eigenvalue weighted by molar-refractivity contribution is 7.16. The van der Waals surface area contributed by atoms with Gasteiger partial charge in [-0.25, -0.2) is 0 Å². The summed E-state index contributed by atoms with van der Waals surface area (Å²) in [6, 6.07) is 14.0. The van der Waals surface area contributed by atoms with Crippen LogP contribution in [0.1, 0.15) is 5.56 Å². The first-order valence-corrected chi connectivity index (χ1v) is 8.40. The summed E-state index contributed by atoms with van der Waals surface area (Å²) in [5.74, 6) is -0.259. The van der Waals surface area contributed by atoms with E-state index in [1.54, 1.807) is 12.1 Å². The molecule has 0 aliphatic carbocycles. The highest BCUT2D eigenvalue weighted by Gasteiger charge is 2.12. The molecule has 0 fully saturated rings. The summed E-state index contributed by atoms with van der Waals surface area (Å²) >= 11 is 1.26. The van der Waals surface area contributed by atoms with Crippen LogP contribution in [-0.2, 0) is 17.8 Å². The molecule has 1 aromatic heterocycles. The van der Waals surface area contributed by atoms with Crippen LogP contribution in [0.2, 0.25) is 0 Å². The summed E-state index contributed by atoms with van der Waals surface area (Å²) in [6.07, 6.45) is 1.91. The van der Waals surface area contributed by atoms with E-state index >= 15 is 0 Å². The average molecular weight is 353 g/mol. The third kappa shape index (κ3) is 3.72. The Kier molecular flexibility index (Phi) is 4.85. The lowest BCUT2D eigenvalue weighted by atomic mass is 10.1. The van der Waals surface area contributed by atoms with E-state index in [2.05, 4.69) is 11.6 Å². The molecule has 6 nitrogen and oxygen atoms in total. The number of rotatable bonds is 5. The van der Waals surface area contributed by atoms with Crippen LogP contribution in [0.3, 0.4) is 0 Å². The number of amides is 1. The molecule has 0 N–H and O–H groups in total. The quantitative estimate of drug-likeness (QED) is 0.400. The van der Waals surface area contributed by atoms with Gasteiger partial charge in [-0.15, -0.1) is 6.58 Å². The highest BCUT2D eigenvalue weighted by atomic mass is 32.1. The van der Waals surface area contributed by atoms with Gasteiger partial charge in [0.05, 0.1) is 21.6 Å². The molecule has 0 spiro atoms. The number of nitro benzene ring substituents is 1. The topological polar surface area (TPSA) is 77.5 Å². The predicted molar refractivity (Wildman–Crippen MR) is 97.4 cm³/mol. The molecule has 0 radical (unpaired) electrons. The molecular formula is C18H15N3O3S. The summed E-state index contributed by atoms with van der Waals surface area (Å²) < 4.78 is 2.54. The Morgan fingerprint density at radius 1 is 1.28 bits per heavy atom. The first-order chi connectivity index (χ1) is 12.1. The summed E-state index contributed by atoms with van der Waals surface area (Å²) in [7, 11) is 0. The lowest BCUT2D eigenvalue weighted by Gasteiger charge is -2.01. The maximum absolute atomic E-state index is 12.3. The van der Waals surface area contributed by atoms with Gasteiger partial charge in [0.15, 0.2) is 4.80 Å². The van der Waals surface area contributed by atoms with Gasteiger partial charge in [-0.05, 0) is 11.6 Å². The largest absolute Gasteiger partial charge is 0.312 e. The fourth-order valence-electron chi connectivity index (χ4n) is 2.48. The number of hydrogen-bond donors (Lipinski definition) is 0. The van der Waals surface area contributed by atoms with Crippen LogP contribution in [0.25, 0.3) is 10.2 Å². The predicted octanol–water partition coefficient (Wildman–Crippen LogP) is 3.47. The average Bonchev–Trinajstić information content (AvgIpc) is 2.92. The second kappa shape index (κ2) is 7.23. The number of non-ortho nitro benzene ring substituents is 1. The van der Waals surface area contributed by atoms with Crippen LogP contribution in [0, 0.1) is 10.1 Å². The number of nitro groups is 1. The van der Waals surface area contributed by atoms with Crippen molar-refractivity contribution in [2.45, 2.75) is 13.0 Å². The minimum Gasteiger partial charge on any atom is -0.312 e. The normalized spacial score (nSPS) is 11.6. The molecule has 0 aliphatic heterocycles. The summed E-state index contributed by atoms with van der Waals surface area (Å²) in [6.45, 7) is 4.19. The van der Waals surface area contributed by atoms with Crippen LogP contribution < -0.4 is 4.80 Å². The fraction of sp³-hybridized carbons (Fsp3) is 0.111. The molecule has 0 bridgehead atoms. The van der Waals surface area contributed by atoms with E-state index in [0.717, 1.165) is 11.1 Å². The summed E-state index contributed by atoms with van der Waals surface area (Å²) in [5, 5.41) is 11.0. The number of benzene rings is 2. The molecule has 0 aliphatic rings. The number of carbonyl (C=O) groups is 1. The zero-order chi connectivity index (χ0) is 17.8. The third-order valence-corrected chi connectivity index (χ3v) is 4.65. The molecule has 7 heteroatoms. The Morgan fingerprint density at radius 2 is 2.04 bits per heavy atom. The monoisotopic (exact) mass is 353 g/mol. The first-order valence-electron chi connectivity index (χ1n) is 7.58. The second-order valence-electron chi connectivity index (χ2n) is 5.36. The van der Waals surface area contributed by atoms with Gasteiger partial charge < -0.3 is 4.57 Å². The van der Waals surface area contributed by atoms with Crippen LogP contribution in [0.4, 0.5) is 5.69 Å².